The number of aliphatic hydroxyl groups is 4. The predicted octanol–water partition coefficient (Wildman–Crippen LogP) is 5.57. The molecule has 2 saturated heterocycles. The number of rotatable bonds is 8. The summed E-state index contributed by atoms with van der Waals surface area (Å²) in [5, 5.41) is 41.9. The number of fused-ring (bicyclic) bond motifs is 3. The van der Waals surface area contributed by atoms with Crippen molar-refractivity contribution in [3.8, 4) is 0 Å². The fourth-order valence-corrected chi connectivity index (χ4v) is 9.42. The predicted molar refractivity (Wildman–Crippen MR) is 229 cm³/mol. The van der Waals surface area contributed by atoms with E-state index in [4.69, 9.17) is 28.8 Å². The zero-order valence-electron chi connectivity index (χ0n) is 38.1. The van der Waals surface area contributed by atoms with Crippen LogP contribution in [0.25, 0.3) is 0 Å². The third-order valence-corrected chi connectivity index (χ3v) is 13.1. The Hall–Kier alpha value is -2.82. The third kappa shape index (κ3) is 13.8. The van der Waals surface area contributed by atoms with Crippen LogP contribution in [0.1, 0.15) is 119 Å². The van der Waals surface area contributed by atoms with E-state index in [0.29, 0.717) is 56.9 Å². The second kappa shape index (κ2) is 24.9. The van der Waals surface area contributed by atoms with Crippen molar-refractivity contribution in [3.63, 3.8) is 0 Å². The molecule has 3 fully saturated rings. The van der Waals surface area contributed by atoms with E-state index in [2.05, 4.69) is 6.58 Å². The standard InChI is InChI=1S/C44H69NO12.C3H7O/c1-10-13-31-19-25(2)18-26(3)20-37(54-8)40-38(55-9)22-28(5)44(52,57-40)41(49)42(50)45-17-12-11-14-32(45)43(51)56-39(29(6)34(47)24-35(31)48)27(4)21-30-15-16-33(46)36(23-30)53-7;1-2-3-4/h10,19,21,26,28-34,36-40,46-47,52H,1,11-18,20,22-24H2,2-9H3;3-4H,2H2,1H3/b25-19+,27-21+;/t26-,28+,29+,30-,31+,32-,33+,34-,36+,37-,38-,39+,40+,44+;/m0./s1. The number of carbonyl (C=O) groups is 4. The van der Waals surface area contributed by atoms with Gasteiger partial charge in [0.25, 0.3) is 11.7 Å². The minimum atomic E-state index is -2.51. The Balaban J connectivity index is 0.00000237. The molecule has 4 rings (SSSR count). The molecule has 0 unspecified atom stereocenters. The molecule has 14 heteroatoms. The lowest BCUT2D eigenvalue weighted by atomic mass is 9.81. The highest BCUT2D eigenvalue weighted by Crippen LogP contribution is 2.39. The molecule has 1 aliphatic carbocycles. The van der Waals surface area contributed by atoms with Crippen molar-refractivity contribution in [1.29, 1.82) is 0 Å². The average Bonchev–Trinajstić information content (AvgIpc) is 3.24. The topological polar surface area (TPSA) is 199 Å². The normalized spacial score (nSPS) is 38.8. The molecule has 1 saturated carbocycles. The van der Waals surface area contributed by atoms with E-state index in [-0.39, 0.29) is 49.5 Å². The SMILES string of the molecule is C=CC[C@@H]1/C=C(\C)C[C@H](C)C[C@H](OC)[C@H]2O[C@@](O)(C(=O)C(=O)N3CCCC[C@H]3C(=O)O[C@H](/C(C)=C/[C@@H]3CC[C@@H](O)[C@H](OC)C3)[C@H](C)[C@@H](O)CC1=O)[C@H](C)C[C@@H]2OC.CC[CH]O. The van der Waals surface area contributed by atoms with Crippen LogP contribution in [0.2, 0.25) is 0 Å². The van der Waals surface area contributed by atoms with Crippen LogP contribution in [0.3, 0.4) is 0 Å². The highest BCUT2D eigenvalue weighted by Gasteiger charge is 2.56. The Morgan fingerprint density at radius 3 is 2.18 bits per heavy atom. The first-order valence-electron chi connectivity index (χ1n) is 22.3. The van der Waals surface area contributed by atoms with E-state index in [1.807, 2.05) is 39.8 Å². The van der Waals surface area contributed by atoms with Crippen LogP contribution in [-0.4, -0.2) is 131 Å². The van der Waals surface area contributed by atoms with Gasteiger partial charge in [-0.1, -0.05) is 51.5 Å². The zero-order valence-corrected chi connectivity index (χ0v) is 38.1. The molecular formula is C47H76NO13. The molecule has 347 valence electrons. The number of carbonyl (C=O) groups excluding carboxylic acids is 4. The minimum Gasteiger partial charge on any atom is -0.456 e. The maximum Gasteiger partial charge on any atom is 0.329 e. The molecule has 1 amide bonds. The monoisotopic (exact) mass is 863 g/mol. The first-order valence-corrected chi connectivity index (χ1v) is 22.3. The van der Waals surface area contributed by atoms with Crippen molar-refractivity contribution < 1.29 is 63.3 Å². The Bertz CT molecular complexity index is 1510. The van der Waals surface area contributed by atoms with Crippen LogP contribution in [0.5, 0.6) is 0 Å². The summed E-state index contributed by atoms with van der Waals surface area (Å²) in [6.45, 7) is 16.1. The second-order valence-corrected chi connectivity index (χ2v) is 17.9. The van der Waals surface area contributed by atoms with E-state index in [1.54, 1.807) is 27.0 Å². The molecule has 4 N–H and O–H groups in total. The van der Waals surface area contributed by atoms with Gasteiger partial charge in [-0.25, -0.2) is 4.79 Å². The average molecular weight is 863 g/mol. The summed E-state index contributed by atoms with van der Waals surface area (Å²) >= 11 is 0. The number of piperidine rings is 1. The number of allylic oxidation sites excluding steroid dienone is 4. The summed E-state index contributed by atoms with van der Waals surface area (Å²) in [6, 6.07) is -1.14. The van der Waals surface area contributed by atoms with Crippen LogP contribution in [0.15, 0.2) is 36.0 Å². The molecule has 0 aromatic heterocycles. The van der Waals surface area contributed by atoms with Gasteiger partial charge in [0, 0.05) is 52.0 Å². The van der Waals surface area contributed by atoms with Gasteiger partial charge in [-0.3, -0.25) is 14.4 Å². The van der Waals surface area contributed by atoms with Crippen molar-refractivity contribution in [2.45, 2.75) is 173 Å². The van der Waals surface area contributed by atoms with Gasteiger partial charge >= 0.3 is 5.97 Å². The largest absolute Gasteiger partial charge is 0.456 e. The molecule has 0 aromatic rings. The van der Waals surface area contributed by atoms with Crippen LogP contribution in [0.4, 0.5) is 0 Å². The number of nitrogens with zero attached hydrogens (tertiary/aromatic N) is 1. The summed E-state index contributed by atoms with van der Waals surface area (Å²) < 4.78 is 29.7. The molecule has 0 spiro atoms. The van der Waals surface area contributed by atoms with Crippen LogP contribution < -0.4 is 0 Å². The number of hydrogen-bond donors (Lipinski definition) is 4. The van der Waals surface area contributed by atoms with Crippen molar-refractivity contribution in [2.75, 3.05) is 27.9 Å². The number of ketones is 2. The fourth-order valence-electron chi connectivity index (χ4n) is 9.42. The molecule has 0 aromatic carbocycles. The Labute approximate surface area is 364 Å². The summed E-state index contributed by atoms with van der Waals surface area (Å²) in [5.74, 6) is -7.76. The quantitative estimate of drug-likeness (QED) is 0.134. The van der Waals surface area contributed by atoms with E-state index < -0.39 is 83.9 Å². The number of aliphatic hydroxyl groups excluding tert-OH is 3. The summed E-state index contributed by atoms with van der Waals surface area (Å²) in [5.41, 5.74) is 1.61. The number of hydrogen-bond acceptors (Lipinski definition) is 13. The molecule has 14 nitrogen and oxygen atoms in total. The van der Waals surface area contributed by atoms with Gasteiger partial charge in [-0.15, -0.1) is 6.58 Å². The summed E-state index contributed by atoms with van der Waals surface area (Å²) in [6.07, 6.45) is 5.68. The van der Waals surface area contributed by atoms with Crippen LogP contribution >= 0.6 is 0 Å². The number of cyclic esters (lactones) is 1. The highest BCUT2D eigenvalue weighted by atomic mass is 16.7. The molecule has 3 aliphatic heterocycles. The molecular weight excluding hydrogens is 787 g/mol. The van der Waals surface area contributed by atoms with Gasteiger partial charge in [0.05, 0.1) is 37.1 Å². The molecule has 61 heavy (non-hydrogen) atoms. The van der Waals surface area contributed by atoms with Gasteiger partial charge in [0.2, 0.25) is 5.79 Å². The number of methoxy groups -OCH3 is 3. The van der Waals surface area contributed by atoms with Crippen LogP contribution in [0, 0.1) is 36.2 Å². The lowest BCUT2D eigenvalue weighted by molar-refractivity contribution is -0.302. The lowest BCUT2D eigenvalue weighted by Gasteiger charge is -2.47. The lowest BCUT2D eigenvalue weighted by Crippen LogP contribution is -2.64. The van der Waals surface area contributed by atoms with Gasteiger partial charge in [0.15, 0.2) is 0 Å². The van der Waals surface area contributed by atoms with Gasteiger partial charge in [-0.2, -0.15) is 0 Å². The summed E-state index contributed by atoms with van der Waals surface area (Å²) in [7, 11) is 4.61. The van der Waals surface area contributed by atoms with E-state index in [1.165, 1.54) is 19.1 Å². The van der Waals surface area contributed by atoms with E-state index >= 15 is 0 Å². The number of esters is 1. The summed E-state index contributed by atoms with van der Waals surface area (Å²) in [4.78, 5) is 57.8. The van der Waals surface area contributed by atoms with Gasteiger partial charge < -0.3 is 49.0 Å². The second-order valence-electron chi connectivity index (χ2n) is 17.9. The molecule has 2 bridgehead atoms. The first kappa shape index (κ1) is 52.5. The van der Waals surface area contributed by atoms with Crippen LogP contribution in [-0.2, 0) is 42.9 Å². The molecule has 14 atom stereocenters. The maximum atomic E-state index is 14.3. The number of amides is 1. The van der Waals surface area contributed by atoms with Crippen molar-refractivity contribution in [2.24, 2.45) is 29.6 Å². The number of ether oxygens (including phenoxy) is 5. The zero-order chi connectivity index (χ0) is 45.6. The third-order valence-electron chi connectivity index (χ3n) is 13.1. The van der Waals surface area contributed by atoms with E-state index in [9.17, 15) is 34.5 Å². The maximum absolute atomic E-state index is 14.3. The van der Waals surface area contributed by atoms with Crippen molar-refractivity contribution >= 4 is 23.4 Å². The Morgan fingerprint density at radius 2 is 1.57 bits per heavy atom. The molecule has 4 aliphatic rings. The number of Topliss-reactive ketones (excluding diaryl/α,β-unsaturated/α-hetero) is 2. The molecule has 3 heterocycles. The van der Waals surface area contributed by atoms with Crippen molar-refractivity contribution in [3.05, 3.63) is 42.6 Å². The minimum absolute atomic E-state index is 0.00988. The smallest absolute Gasteiger partial charge is 0.329 e. The Morgan fingerprint density at radius 1 is 0.934 bits per heavy atom. The highest BCUT2D eigenvalue weighted by molar-refractivity contribution is 6.39. The van der Waals surface area contributed by atoms with Gasteiger partial charge in [-0.05, 0) is 102 Å². The van der Waals surface area contributed by atoms with E-state index in [0.717, 1.165) is 18.6 Å². The Kier molecular flexibility index (Phi) is 21.4. The molecule has 1 radical (unpaired) electrons. The van der Waals surface area contributed by atoms with Gasteiger partial charge in [0.1, 0.15) is 24.0 Å². The van der Waals surface area contributed by atoms with Crippen molar-refractivity contribution in [1.82, 2.24) is 4.90 Å². The fraction of sp³-hybridized carbons (Fsp3) is 0.766. The first-order chi connectivity index (χ1) is 28.9.